The zero-order valence-electron chi connectivity index (χ0n) is 16.1. The molecule has 156 valence electrons. The molecule has 2 aromatic carbocycles. The highest BCUT2D eigenvalue weighted by Gasteiger charge is 2.57. The number of benzene rings is 2. The van der Waals surface area contributed by atoms with Gasteiger partial charge in [-0.25, -0.2) is 0 Å². The second kappa shape index (κ2) is 7.91. The molecule has 2 aliphatic rings. The van der Waals surface area contributed by atoms with Gasteiger partial charge >= 0.3 is 0 Å². The van der Waals surface area contributed by atoms with Crippen molar-refractivity contribution < 1.29 is 14.7 Å². The Balaban J connectivity index is 1.81. The van der Waals surface area contributed by atoms with Gasteiger partial charge < -0.3 is 15.3 Å². The molecular weight excluding hydrogens is 491 g/mol. The average molecular weight is 510 g/mol. The number of aliphatic hydroxyl groups is 1. The van der Waals surface area contributed by atoms with Crippen LogP contribution in [0.5, 0.6) is 0 Å². The van der Waals surface area contributed by atoms with E-state index in [1.165, 1.54) is 6.92 Å². The van der Waals surface area contributed by atoms with Gasteiger partial charge in [0.1, 0.15) is 11.3 Å². The molecule has 1 saturated heterocycles. The number of carbonyl (C=O) groups is 2. The van der Waals surface area contributed by atoms with Crippen LogP contribution < -0.4 is 5.32 Å². The third-order valence-corrected chi connectivity index (χ3v) is 6.57. The molecule has 0 saturated carbocycles. The summed E-state index contributed by atoms with van der Waals surface area (Å²) in [5, 5.41) is 15.0. The van der Waals surface area contributed by atoms with Crippen molar-refractivity contribution in [1.82, 2.24) is 10.2 Å². The quantitative estimate of drug-likeness (QED) is 0.624. The lowest BCUT2D eigenvalue weighted by molar-refractivity contribution is -0.127. The number of nitrogens with zero attached hydrogens (tertiary/aromatic N) is 1. The van der Waals surface area contributed by atoms with Gasteiger partial charge in [0, 0.05) is 46.9 Å². The number of halogens is 3. The summed E-state index contributed by atoms with van der Waals surface area (Å²) in [5.74, 6) is -0.477. The number of carbonyl (C=O) groups excluding carboxylic acids is 2. The van der Waals surface area contributed by atoms with E-state index in [0.29, 0.717) is 35.0 Å². The SMILES string of the molecule is CC(=O)N[C@@H]1CN2C(=O)C(c3cc(Cl)cc(Cl)c3)=C(O)[C@]2(Cc2ccc(Br)cc2)C1. The van der Waals surface area contributed by atoms with Crippen molar-refractivity contribution in [2.75, 3.05) is 6.54 Å². The van der Waals surface area contributed by atoms with Crippen molar-refractivity contribution in [2.24, 2.45) is 0 Å². The lowest BCUT2D eigenvalue weighted by Gasteiger charge is -2.32. The molecule has 8 heteroatoms. The van der Waals surface area contributed by atoms with Crippen molar-refractivity contribution in [3.63, 3.8) is 0 Å². The number of rotatable bonds is 4. The van der Waals surface area contributed by atoms with Gasteiger partial charge in [-0.3, -0.25) is 9.59 Å². The first-order chi connectivity index (χ1) is 14.2. The Labute approximate surface area is 192 Å². The number of fused-ring (bicyclic) bond motifs is 1. The highest BCUT2D eigenvalue weighted by molar-refractivity contribution is 9.10. The molecule has 2 aromatic rings. The van der Waals surface area contributed by atoms with E-state index in [2.05, 4.69) is 21.2 Å². The van der Waals surface area contributed by atoms with Gasteiger partial charge in [0.2, 0.25) is 5.91 Å². The maximum Gasteiger partial charge on any atom is 0.258 e. The third-order valence-electron chi connectivity index (χ3n) is 5.61. The summed E-state index contributed by atoms with van der Waals surface area (Å²) in [6.07, 6.45) is 0.837. The molecule has 0 unspecified atom stereocenters. The Morgan fingerprint density at radius 2 is 1.87 bits per heavy atom. The summed E-state index contributed by atoms with van der Waals surface area (Å²) in [6, 6.07) is 12.3. The molecule has 2 aliphatic heterocycles. The molecule has 0 bridgehead atoms. The molecule has 5 nitrogen and oxygen atoms in total. The van der Waals surface area contributed by atoms with E-state index < -0.39 is 5.54 Å². The molecule has 2 amide bonds. The molecule has 4 rings (SSSR count). The maximum atomic E-state index is 13.4. The fourth-order valence-corrected chi connectivity index (χ4v) is 5.27. The summed E-state index contributed by atoms with van der Waals surface area (Å²) in [4.78, 5) is 26.7. The lowest BCUT2D eigenvalue weighted by Crippen LogP contribution is -2.45. The number of hydrogen-bond acceptors (Lipinski definition) is 3. The highest BCUT2D eigenvalue weighted by atomic mass is 79.9. The summed E-state index contributed by atoms with van der Waals surface area (Å²) < 4.78 is 0.944. The van der Waals surface area contributed by atoms with Crippen LogP contribution in [0.15, 0.2) is 52.7 Å². The highest BCUT2D eigenvalue weighted by Crippen LogP contribution is 2.48. The molecule has 0 aromatic heterocycles. The van der Waals surface area contributed by atoms with Crippen LogP contribution in [0.25, 0.3) is 5.57 Å². The smallest absolute Gasteiger partial charge is 0.258 e. The average Bonchev–Trinajstić information content (AvgIpc) is 3.09. The van der Waals surface area contributed by atoms with Crippen molar-refractivity contribution in [3.8, 4) is 0 Å². The van der Waals surface area contributed by atoms with Crippen LogP contribution in [0.1, 0.15) is 24.5 Å². The number of aliphatic hydroxyl groups excluding tert-OH is 1. The van der Waals surface area contributed by atoms with Gasteiger partial charge in [0.05, 0.1) is 5.57 Å². The first-order valence-corrected chi connectivity index (χ1v) is 11.0. The Kier molecular flexibility index (Phi) is 5.60. The monoisotopic (exact) mass is 508 g/mol. The molecule has 0 radical (unpaired) electrons. The van der Waals surface area contributed by atoms with Crippen LogP contribution in [0, 0.1) is 0 Å². The van der Waals surface area contributed by atoms with Gasteiger partial charge in [0.25, 0.3) is 5.91 Å². The Morgan fingerprint density at radius 3 is 2.47 bits per heavy atom. The zero-order chi connectivity index (χ0) is 21.6. The van der Waals surface area contributed by atoms with Gasteiger partial charge in [-0.2, -0.15) is 0 Å². The Morgan fingerprint density at radius 1 is 1.23 bits per heavy atom. The normalized spacial score (nSPS) is 23.1. The van der Waals surface area contributed by atoms with E-state index in [9.17, 15) is 14.7 Å². The minimum Gasteiger partial charge on any atom is -0.509 e. The Hall–Kier alpha value is -2.02. The van der Waals surface area contributed by atoms with Crippen molar-refractivity contribution in [2.45, 2.75) is 31.3 Å². The number of amides is 2. The predicted molar refractivity (Wildman–Crippen MR) is 121 cm³/mol. The fourth-order valence-electron chi connectivity index (χ4n) is 4.48. The summed E-state index contributed by atoms with van der Waals surface area (Å²) in [7, 11) is 0. The molecule has 2 N–H and O–H groups in total. The predicted octanol–water partition coefficient (Wildman–Crippen LogP) is 4.76. The molecule has 1 fully saturated rings. The van der Waals surface area contributed by atoms with Crippen molar-refractivity contribution in [3.05, 3.63) is 73.9 Å². The first kappa shape index (κ1) is 21.2. The Bertz CT molecular complexity index is 1050. The minimum atomic E-state index is -0.942. The van der Waals surface area contributed by atoms with E-state index in [-0.39, 0.29) is 29.2 Å². The minimum absolute atomic E-state index is 0.0124. The van der Waals surface area contributed by atoms with Crippen LogP contribution >= 0.6 is 39.1 Å². The molecule has 0 aliphatic carbocycles. The van der Waals surface area contributed by atoms with E-state index >= 15 is 0 Å². The van der Waals surface area contributed by atoms with Crippen molar-refractivity contribution in [1.29, 1.82) is 0 Å². The van der Waals surface area contributed by atoms with Crippen LogP contribution in [0.3, 0.4) is 0 Å². The largest absolute Gasteiger partial charge is 0.509 e. The standard InChI is InChI=1S/C22H19BrCl2N2O3/c1-12(28)26-18-10-22(9-13-2-4-15(23)5-3-13)20(29)19(21(30)27(22)11-18)14-6-16(24)8-17(25)7-14/h2-8,18,29H,9-11H2,1H3,(H,26,28)/t18-,22-/m0/s1. The van der Waals surface area contributed by atoms with Crippen LogP contribution in [-0.2, 0) is 16.0 Å². The topological polar surface area (TPSA) is 69.6 Å². The summed E-state index contributed by atoms with van der Waals surface area (Å²) >= 11 is 15.7. The van der Waals surface area contributed by atoms with Gasteiger partial charge in [-0.1, -0.05) is 51.3 Å². The van der Waals surface area contributed by atoms with Crippen LogP contribution in [0.4, 0.5) is 0 Å². The molecule has 0 spiro atoms. The second-order valence-electron chi connectivity index (χ2n) is 7.73. The van der Waals surface area contributed by atoms with Crippen molar-refractivity contribution >= 4 is 56.5 Å². The van der Waals surface area contributed by atoms with E-state index in [4.69, 9.17) is 23.2 Å². The van der Waals surface area contributed by atoms with E-state index in [1.807, 2.05) is 24.3 Å². The van der Waals surface area contributed by atoms with Crippen LogP contribution in [-0.4, -0.2) is 39.9 Å². The first-order valence-electron chi connectivity index (χ1n) is 9.43. The van der Waals surface area contributed by atoms with Gasteiger partial charge in [-0.15, -0.1) is 0 Å². The van der Waals surface area contributed by atoms with Gasteiger partial charge in [-0.05, 0) is 41.5 Å². The maximum absolute atomic E-state index is 13.4. The van der Waals surface area contributed by atoms with E-state index in [0.717, 1.165) is 10.0 Å². The fraction of sp³-hybridized carbons (Fsp3) is 0.273. The number of nitrogens with one attached hydrogen (secondary N) is 1. The van der Waals surface area contributed by atoms with Gasteiger partial charge in [0.15, 0.2) is 0 Å². The van der Waals surface area contributed by atoms with Crippen LogP contribution in [0.2, 0.25) is 10.0 Å². The third kappa shape index (κ3) is 3.72. The second-order valence-corrected chi connectivity index (χ2v) is 9.52. The zero-order valence-corrected chi connectivity index (χ0v) is 19.2. The molecular formula is C22H19BrCl2N2O3. The number of hydrogen-bond donors (Lipinski definition) is 2. The lowest BCUT2D eigenvalue weighted by atomic mass is 9.85. The molecule has 2 atom stereocenters. The summed E-state index contributed by atoms with van der Waals surface area (Å²) in [5.41, 5.74) is 0.715. The summed E-state index contributed by atoms with van der Waals surface area (Å²) in [6.45, 7) is 1.76. The molecule has 30 heavy (non-hydrogen) atoms. The molecule has 2 heterocycles. The van der Waals surface area contributed by atoms with E-state index in [1.54, 1.807) is 23.1 Å².